The predicted octanol–water partition coefficient (Wildman–Crippen LogP) is 2.54. The molecule has 1 saturated heterocycles. The van der Waals surface area contributed by atoms with Gasteiger partial charge >= 0.3 is 0 Å². The average molecular weight is 268 g/mol. The molecule has 0 aromatic rings. The fourth-order valence-electron chi connectivity index (χ4n) is 3.63. The summed E-state index contributed by atoms with van der Waals surface area (Å²) in [6.07, 6.45) is 13.5. The third-order valence-corrected chi connectivity index (χ3v) is 4.87. The van der Waals surface area contributed by atoms with Crippen molar-refractivity contribution in [3.8, 4) is 0 Å². The van der Waals surface area contributed by atoms with E-state index < -0.39 is 0 Å². The summed E-state index contributed by atoms with van der Waals surface area (Å²) < 4.78 is 0. The first-order chi connectivity index (χ1) is 9.40. The van der Waals surface area contributed by atoms with Crippen molar-refractivity contribution in [2.24, 2.45) is 0 Å². The molecule has 0 aromatic heterocycles. The van der Waals surface area contributed by atoms with Crippen LogP contribution in [0, 0.1) is 0 Å². The van der Waals surface area contributed by atoms with Gasteiger partial charge in [0.15, 0.2) is 0 Å². The first kappa shape index (κ1) is 15.3. The Hall–Kier alpha value is -0.120. The normalized spacial score (nSPS) is 26.7. The van der Waals surface area contributed by atoms with Crippen LogP contribution in [-0.2, 0) is 0 Å². The topological polar surface area (TPSA) is 35.5 Å². The lowest BCUT2D eigenvalue weighted by atomic mass is 10.1. The van der Waals surface area contributed by atoms with E-state index >= 15 is 0 Å². The summed E-state index contributed by atoms with van der Waals surface area (Å²) in [5.41, 5.74) is 0. The van der Waals surface area contributed by atoms with Gasteiger partial charge in [0.1, 0.15) is 0 Å². The van der Waals surface area contributed by atoms with Gasteiger partial charge in [0.25, 0.3) is 0 Å². The minimum absolute atomic E-state index is 0.348. The highest BCUT2D eigenvalue weighted by Crippen LogP contribution is 2.18. The molecule has 3 nitrogen and oxygen atoms in total. The molecule has 0 spiro atoms. The Labute approximate surface area is 118 Å². The summed E-state index contributed by atoms with van der Waals surface area (Å²) in [4.78, 5) is 2.48. The van der Waals surface area contributed by atoms with Gasteiger partial charge in [-0.3, -0.25) is 4.90 Å². The van der Waals surface area contributed by atoms with Crippen molar-refractivity contribution in [2.75, 3.05) is 26.2 Å². The number of hydrogen-bond acceptors (Lipinski definition) is 3. The standard InChI is InChI=1S/C16H32N2O/c19-14-16-10-7-13-18(16)12-6-5-11-17-15-8-3-1-2-4-9-15/h15-17,19H,1-14H2. The number of aliphatic hydroxyl groups excluding tert-OH is 1. The molecule has 0 aromatic carbocycles. The fraction of sp³-hybridized carbons (Fsp3) is 1.00. The van der Waals surface area contributed by atoms with Crippen LogP contribution >= 0.6 is 0 Å². The molecule has 1 unspecified atom stereocenters. The Morgan fingerprint density at radius 1 is 0.947 bits per heavy atom. The first-order valence-electron chi connectivity index (χ1n) is 8.48. The second-order valence-corrected chi connectivity index (χ2v) is 6.36. The van der Waals surface area contributed by atoms with E-state index in [0.717, 1.165) is 6.04 Å². The van der Waals surface area contributed by atoms with Crippen molar-refractivity contribution < 1.29 is 5.11 Å². The van der Waals surface area contributed by atoms with Gasteiger partial charge in [-0.15, -0.1) is 0 Å². The van der Waals surface area contributed by atoms with E-state index in [0.29, 0.717) is 12.6 Å². The summed E-state index contributed by atoms with van der Waals surface area (Å²) in [6, 6.07) is 1.24. The molecule has 112 valence electrons. The van der Waals surface area contributed by atoms with Gasteiger partial charge in [0.05, 0.1) is 6.61 Å². The van der Waals surface area contributed by atoms with Gasteiger partial charge < -0.3 is 10.4 Å². The summed E-state index contributed by atoms with van der Waals surface area (Å²) in [6.45, 7) is 3.90. The van der Waals surface area contributed by atoms with Crippen LogP contribution in [0.4, 0.5) is 0 Å². The van der Waals surface area contributed by atoms with Gasteiger partial charge in [-0.2, -0.15) is 0 Å². The molecule has 2 rings (SSSR count). The van der Waals surface area contributed by atoms with Crippen molar-refractivity contribution in [3.05, 3.63) is 0 Å². The molecule has 2 N–H and O–H groups in total. The number of nitrogens with zero attached hydrogens (tertiary/aromatic N) is 1. The lowest BCUT2D eigenvalue weighted by molar-refractivity contribution is 0.157. The molecule has 19 heavy (non-hydrogen) atoms. The van der Waals surface area contributed by atoms with Crippen LogP contribution in [0.1, 0.15) is 64.2 Å². The Morgan fingerprint density at radius 3 is 2.47 bits per heavy atom. The Bertz CT molecular complexity index is 227. The Kier molecular flexibility index (Phi) is 7.18. The predicted molar refractivity (Wildman–Crippen MR) is 80.4 cm³/mol. The molecule has 3 heteroatoms. The second-order valence-electron chi connectivity index (χ2n) is 6.36. The fourth-order valence-corrected chi connectivity index (χ4v) is 3.63. The lowest BCUT2D eigenvalue weighted by Crippen LogP contribution is -2.34. The summed E-state index contributed by atoms with van der Waals surface area (Å²) >= 11 is 0. The van der Waals surface area contributed by atoms with E-state index in [4.69, 9.17) is 0 Å². The number of hydrogen-bond donors (Lipinski definition) is 2. The van der Waals surface area contributed by atoms with Crippen molar-refractivity contribution in [1.82, 2.24) is 10.2 Å². The Morgan fingerprint density at radius 2 is 1.74 bits per heavy atom. The van der Waals surface area contributed by atoms with Crippen molar-refractivity contribution in [1.29, 1.82) is 0 Å². The van der Waals surface area contributed by atoms with E-state index in [1.165, 1.54) is 83.8 Å². The quantitative estimate of drug-likeness (QED) is 0.550. The number of aliphatic hydroxyl groups is 1. The number of likely N-dealkylation sites (tertiary alicyclic amines) is 1. The second kappa shape index (κ2) is 8.93. The maximum absolute atomic E-state index is 9.28. The minimum atomic E-state index is 0.348. The van der Waals surface area contributed by atoms with Gasteiger partial charge in [-0.25, -0.2) is 0 Å². The Balaban J connectivity index is 1.49. The zero-order valence-corrected chi connectivity index (χ0v) is 12.4. The molecule has 1 saturated carbocycles. The molecule has 0 amide bonds. The summed E-state index contributed by atoms with van der Waals surface area (Å²) in [5, 5.41) is 13.0. The molecule has 0 radical (unpaired) electrons. The minimum Gasteiger partial charge on any atom is -0.395 e. The molecule has 1 atom stereocenters. The molecular formula is C16H32N2O. The molecule has 1 heterocycles. The maximum Gasteiger partial charge on any atom is 0.0586 e. The van der Waals surface area contributed by atoms with Crippen LogP contribution in [0.25, 0.3) is 0 Å². The van der Waals surface area contributed by atoms with Crippen LogP contribution in [0.2, 0.25) is 0 Å². The zero-order chi connectivity index (χ0) is 13.3. The van der Waals surface area contributed by atoms with Crippen molar-refractivity contribution >= 4 is 0 Å². The lowest BCUT2D eigenvalue weighted by Gasteiger charge is -2.22. The van der Waals surface area contributed by atoms with E-state index in [1.807, 2.05) is 0 Å². The van der Waals surface area contributed by atoms with E-state index in [9.17, 15) is 5.11 Å². The SMILES string of the molecule is OCC1CCCN1CCCCNC1CCCCCC1. The molecule has 2 fully saturated rings. The number of nitrogens with one attached hydrogen (secondary N) is 1. The smallest absolute Gasteiger partial charge is 0.0586 e. The zero-order valence-electron chi connectivity index (χ0n) is 12.4. The maximum atomic E-state index is 9.28. The van der Waals surface area contributed by atoms with E-state index in [-0.39, 0.29) is 0 Å². The van der Waals surface area contributed by atoms with Crippen LogP contribution in [0.5, 0.6) is 0 Å². The van der Waals surface area contributed by atoms with Gasteiger partial charge in [-0.05, 0) is 58.2 Å². The van der Waals surface area contributed by atoms with E-state index in [1.54, 1.807) is 0 Å². The third kappa shape index (κ3) is 5.41. The molecule has 1 aliphatic heterocycles. The highest BCUT2D eigenvalue weighted by atomic mass is 16.3. The highest BCUT2D eigenvalue weighted by molar-refractivity contribution is 4.78. The van der Waals surface area contributed by atoms with Gasteiger partial charge in [-0.1, -0.05) is 25.7 Å². The van der Waals surface area contributed by atoms with Crippen LogP contribution in [-0.4, -0.2) is 48.3 Å². The largest absolute Gasteiger partial charge is 0.395 e. The highest BCUT2D eigenvalue weighted by Gasteiger charge is 2.22. The van der Waals surface area contributed by atoms with Crippen LogP contribution < -0.4 is 5.32 Å². The third-order valence-electron chi connectivity index (χ3n) is 4.87. The summed E-state index contributed by atoms with van der Waals surface area (Å²) in [5.74, 6) is 0. The number of unbranched alkanes of at least 4 members (excludes halogenated alkanes) is 1. The van der Waals surface area contributed by atoms with Gasteiger partial charge in [0.2, 0.25) is 0 Å². The first-order valence-corrected chi connectivity index (χ1v) is 8.48. The summed E-state index contributed by atoms with van der Waals surface area (Å²) in [7, 11) is 0. The van der Waals surface area contributed by atoms with Crippen molar-refractivity contribution in [3.63, 3.8) is 0 Å². The van der Waals surface area contributed by atoms with Crippen LogP contribution in [0.15, 0.2) is 0 Å². The van der Waals surface area contributed by atoms with Gasteiger partial charge in [0, 0.05) is 12.1 Å². The average Bonchev–Trinajstić information content (AvgIpc) is 2.72. The monoisotopic (exact) mass is 268 g/mol. The van der Waals surface area contributed by atoms with E-state index in [2.05, 4.69) is 10.2 Å². The molecule has 1 aliphatic carbocycles. The molecule has 0 bridgehead atoms. The van der Waals surface area contributed by atoms with Crippen molar-refractivity contribution in [2.45, 2.75) is 76.3 Å². The molecular weight excluding hydrogens is 236 g/mol. The van der Waals surface area contributed by atoms with Crippen LogP contribution in [0.3, 0.4) is 0 Å². The number of rotatable bonds is 7. The molecule has 2 aliphatic rings.